The third-order valence-corrected chi connectivity index (χ3v) is 6.36. The van der Waals surface area contributed by atoms with Gasteiger partial charge in [0.05, 0.1) is 12.0 Å². The van der Waals surface area contributed by atoms with E-state index in [9.17, 15) is 9.59 Å². The molecule has 5 heteroatoms. The Balaban J connectivity index is 1.75. The number of hydrogen-bond donors (Lipinski definition) is 1. The molecular formula is C23H29NO4. The molecule has 1 aromatic heterocycles. The van der Waals surface area contributed by atoms with Gasteiger partial charge in [-0.1, -0.05) is 19.8 Å². The van der Waals surface area contributed by atoms with E-state index in [0.29, 0.717) is 28.9 Å². The molecule has 0 radical (unpaired) electrons. The van der Waals surface area contributed by atoms with Crippen LogP contribution in [-0.4, -0.2) is 23.3 Å². The Morgan fingerprint density at radius 2 is 1.93 bits per heavy atom. The molecule has 1 fully saturated rings. The summed E-state index contributed by atoms with van der Waals surface area (Å²) in [5.41, 5.74) is 1.50. The maximum absolute atomic E-state index is 13.2. The van der Waals surface area contributed by atoms with Crippen molar-refractivity contribution in [3.05, 3.63) is 29.0 Å². The summed E-state index contributed by atoms with van der Waals surface area (Å²) in [6, 6.07) is 3.72. The van der Waals surface area contributed by atoms with Crippen molar-refractivity contribution in [2.75, 3.05) is 0 Å². The lowest BCUT2D eigenvalue weighted by Crippen LogP contribution is -2.41. The zero-order valence-electron chi connectivity index (χ0n) is 17.0. The van der Waals surface area contributed by atoms with Gasteiger partial charge >= 0.3 is 0 Å². The average molecular weight is 383 g/mol. The van der Waals surface area contributed by atoms with Crippen molar-refractivity contribution >= 4 is 22.7 Å². The van der Waals surface area contributed by atoms with E-state index in [2.05, 4.69) is 5.32 Å². The number of Topliss-reactive ketones (excluding diaryl/α,β-unsaturated/α-hetero) is 1. The molecule has 0 saturated heterocycles. The molecule has 2 aromatic rings. The summed E-state index contributed by atoms with van der Waals surface area (Å²) in [5, 5.41) is 3.67. The van der Waals surface area contributed by atoms with E-state index >= 15 is 0 Å². The fraction of sp³-hybridized carbons (Fsp3) is 0.565. The number of fused-ring (bicyclic) bond motifs is 3. The lowest BCUT2D eigenvalue weighted by Gasteiger charge is -2.37. The van der Waals surface area contributed by atoms with Gasteiger partial charge in [-0.25, -0.2) is 0 Å². The highest BCUT2D eigenvalue weighted by Gasteiger charge is 2.42. The van der Waals surface area contributed by atoms with Crippen LogP contribution in [0.1, 0.15) is 91.7 Å². The van der Waals surface area contributed by atoms with Crippen LogP contribution in [0.5, 0.6) is 5.75 Å². The van der Waals surface area contributed by atoms with Crippen LogP contribution in [0.15, 0.2) is 16.5 Å². The summed E-state index contributed by atoms with van der Waals surface area (Å²) in [6.07, 6.45) is 7.76. The van der Waals surface area contributed by atoms with Crippen LogP contribution in [0, 0.1) is 6.92 Å². The van der Waals surface area contributed by atoms with Gasteiger partial charge in [0.15, 0.2) is 11.5 Å². The van der Waals surface area contributed by atoms with E-state index < -0.39 is 0 Å². The number of benzene rings is 1. The van der Waals surface area contributed by atoms with E-state index in [-0.39, 0.29) is 29.1 Å². The van der Waals surface area contributed by atoms with Gasteiger partial charge in [-0.3, -0.25) is 9.59 Å². The molecule has 5 nitrogen and oxygen atoms in total. The van der Waals surface area contributed by atoms with Gasteiger partial charge in [0, 0.05) is 17.0 Å². The van der Waals surface area contributed by atoms with Crippen LogP contribution in [-0.2, 0) is 0 Å². The van der Waals surface area contributed by atoms with Crippen LogP contribution in [0.2, 0.25) is 0 Å². The molecule has 28 heavy (non-hydrogen) atoms. The fourth-order valence-corrected chi connectivity index (χ4v) is 4.59. The van der Waals surface area contributed by atoms with E-state index in [0.717, 1.165) is 37.5 Å². The van der Waals surface area contributed by atoms with E-state index in [4.69, 9.17) is 9.15 Å². The normalized spacial score (nSPS) is 19.8. The standard InChI is InChI=1S/C23H29NO4/c1-4-14(2)24-22(26)21-15(3)19-17(27-21)9-10-18-20(19)16(25)13-23(28-18)11-7-5-6-8-12-23/h9-10,14H,4-8,11-13H2,1-3H3,(H,24,26). The number of rotatable bonds is 3. The van der Waals surface area contributed by atoms with Crippen molar-refractivity contribution in [1.82, 2.24) is 5.32 Å². The molecule has 2 aliphatic rings. The Bertz CT molecular complexity index is 918. The Morgan fingerprint density at radius 1 is 1.21 bits per heavy atom. The lowest BCUT2D eigenvalue weighted by atomic mass is 9.83. The maximum Gasteiger partial charge on any atom is 0.287 e. The lowest BCUT2D eigenvalue weighted by molar-refractivity contribution is 0.0301. The molecular weight excluding hydrogens is 354 g/mol. The number of carbonyl (C=O) groups is 2. The second kappa shape index (κ2) is 7.26. The van der Waals surface area contributed by atoms with Crippen molar-refractivity contribution in [2.45, 2.75) is 83.8 Å². The summed E-state index contributed by atoms with van der Waals surface area (Å²) >= 11 is 0. The fourth-order valence-electron chi connectivity index (χ4n) is 4.59. The van der Waals surface area contributed by atoms with Gasteiger partial charge < -0.3 is 14.5 Å². The minimum absolute atomic E-state index is 0.0640. The Morgan fingerprint density at radius 3 is 2.61 bits per heavy atom. The quantitative estimate of drug-likeness (QED) is 0.778. The minimum atomic E-state index is -0.358. The third kappa shape index (κ3) is 3.21. The molecule has 1 N–H and O–H groups in total. The van der Waals surface area contributed by atoms with Crippen molar-refractivity contribution in [3.63, 3.8) is 0 Å². The zero-order chi connectivity index (χ0) is 19.9. The largest absolute Gasteiger partial charge is 0.486 e. The molecule has 1 atom stereocenters. The summed E-state index contributed by atoms with van der Waals surface area (Å²) in [7, 11) is 0. The molecule has 1 aliphatic carbocycles. The van der Waals surface area contributed by atoms with Crippen molar-refractivity contribution in [2.24, 2.45) is 0 Å². The van der Waals surface area contributed by atoms with Crippen molar-refractivity contribution in [1.29, 1.82) is 0 Å². The first kappa shape index (κ1) is 19.0. The highest BCUT2D eigenvalue weighted by atomic mass is 16.5. The molecule has 0 bridgehead atoms. The van der Waals surface area contributed by atoms with Crippen molar-refractivity contribution < 1.29 is 18.7 Å². The maximum atomic E-state index is 13.2. The molecule has 1 saturated carbocycles. The summed E-state index contributed by atoms with van der Waals surface area (Å²) in [6.45, 7) is 5.83. The highest BCUT2D eigenvalue weighted by Crippen LogP contribution is 2.44. The third-order valence-electron chi connectivity index (χ3n) is 6.36. The molecule has 1 amide bonds. The summed E-state index contributed by atoms with van der Waals surface area (Å²) in [5.74, 6) is 0.794. The predicted molar refractivity (Wildman–Crippen MR) is 108 cm³/mol. The zero-order valence-corrected chi connectivity index (χ0v) is 17.0. The van der Waals surface area contributed by atoms with Gasteiger partial charge in [0.2, 0.25) is 0 Å². The Kier molecular flexibility index (Phi) is 4.94. The van der Waals surface area contributed by atoms with Crippen LogP contribution in [0.4, 0.5) is 0 Å². The van der Waals surface area contributed by atoms with Crippen LogP contribution < -0.4 is 10.1 Å². The molecule has 1 aliphatic heterocycles. The second-order valence-electron chi connectivity index (χ2n) is 8.45. The SMILES string of the molecule is CCC(C)NC(=O)c1oc2ccc3c(c2c1C)C(=O)CC1(CCCCCC1)O3. The van der Waals surface area contributed by atoms with Crippen molar-refractivity contribution in [3.8, 4) is 5.75 Å². The number of furan rings is 1. The Hall–Kier alpha value is -2.30. The van der Waals surface area contributed by atoms with Crippen LogP contribution >= 0.6 is 0 Å². The number of carbonyl (C=O) groups excluding carboxylic acids is 2. The summed E-state index contributed by atoms with van der Waals surface area (Å²) < 4.78 is 12.3. The first-order valence-electron chi connectivity index (χ1n) is 10.5. The van der Waals surface area contributed by atoms with Crippen LogP contribution in [0.3, 0.4) is 0 Å². The number of hydrogen-bond acceptors (Lipinski definition) is 4. The highest BCUT2D eigenvalue weighted by molar-refractivity contribution is 6.13. The second-order valence-corrected chi connectivity index (χ2v) is 8.45. The Labute approximate surface area is 165 Å². The molecule has 150 valence electrons. The number of ether oxygens (including phenoxy) is 1. The monoisotopic (exact) mass is 383 g/mol. The average Bonchev–Trinajstić information content (AvgIpc) is 2.85. The smallest absolute Gasteiger partial charge is 0.287 e. The first-order chi connectivity index (χ1) is 13.4. The number of ketones is 1. The molecule has 1 spiro atoms. The van der Waals surface area contributed by atoms with Gasteiger partial charge in [-0.2, -0.15) is 0 Å². The number of nitrogens with one attached hydrogen (secondary N) is 1. The molecule has 1 aromatic carbocycles. The van der Waals surface area contributed by atoms with Crippen LogP contribution in [0.25, 0.3) is 11.0 Å². The van der Waals surface area contributed by atoms with E-state index in [1.807, 2.05) is 32.9 Å². The molecule has 2 heterocycles. The number of amides is 1. The van der Waals surface area contributed by atoms with E-state index in [1.165, 1.54) is 12.8 Å². The number of aryl methyl sites for hydroxylation is 1. The van der Waals surface area contributed by atoms with Gasteiger partial charge in [-0.15, -0.1) is 0 Å². The van der Waals surface area contributed by atoms with Gasteiger partial charge in [-0.05, 0) is 58.1 Å². The minimum Gasteiger partial charge on any atom is -0.486 e. The molecule has 1 unspecified atom stereocenters. The van der Waals surface area contributed by atoms with Gasteiger partial charge in [0.1, 0.15) is 16.9 Å². The first-order valence-corrected chi connectivity index (χ1v) is 10.5. The predicted octanol–water partition coefficient (Wildman–Crippen LogP) is 5.33. The van der Waals surface area contributed by atoms with E-state index in [1.54, 1.807) is 0 Å². The topological polar surface area (TPSA) is 68.5 Å². The summed E-state index contributed by atoms with van der Waals surface area (Å²) in [4.78, 5) is 25.8. The van der Waals surface area contributed by atoms with Gasteiger partial charge in [0.25, 0.3) is 5.91 Å². The molecule has 4 rings (SSSR count).